The van der Waals surface area contributed by atoms with E-state index >= 15 is 0 Å². The van der Waals surface area contributed by atoms with Crippen molar-refractivity contribution < 1.29 is 9.32 Å². The van der Waals surface area contributed by atoms with Crippen molar-refractivity contribution in [3.63, 3.8) is 0 Å². The lowest BCUT2D eigenvalue weighted by Crippen LogP contribution is -2.24. The van der Waals surface area contributed by atoms with Crippen molar-refractivity contribution in [1.82, 2.24) is 16.0 Å². The van der Waals surface area contributed by atoms with Crippen molar-refractivity contribution in [2.24, 2.45) is 4.99 Å². The minimum absolute atomic E-state index is 0.200. The average molecular weight is 239 g/mol. The molecule has 16 heavy (non-hydrogen) atoms. The monoisotopic (exact) mass is 239 g/mol. The predicted octanol–water partition coefficient (Wildman–Crippen LogP) is 1.07. The van der Waals surface area contributed by atoms with Gasteiger partial charge in [0, 0.05) is 6.07 Å². The van der Waals surface area contributed by atoms with Crippen LogP contribution in [0, 0.1) is 6.92 Å². The number of nitrogens with one attached hydrogen (secondary N) is 1. The zero-order chi connectivity index (χ0) is 11.5. The van der Waals surface area contributed by atoms with Crippen LogP contribution in [0.15, 0.2) is 15.6 Å². The Labute approximate surface area is 96.8 Å². The first-order valence-corrected chi connectivity index (χ1v) is 5.76. The van der Waals surface area contributed by atoms with Gasteiger partial charge in [-0.3, -0.25) is 4.79 Å². The van der Waals surface area contributed by atoms with E-state index in [1.165, 1.54) is 11.8 Å². The third kappa shape index (κ3) is 2.42. The average Bonchev–Trinajstić information content (AvgIpc) is 2.87. The number of aromatic nitrogens is 1. The molecule has 7 heteroatoms. The molecular formula is C9H11N4O2S. The molecule has 1 aromatic rings. The number of nitrogens with zero attached hydrogens (tertiary/aromatic N) is 3. The van der Waals surface area contributed by atoms with Gasteiger partial charge >= 0.3 is 5.91 Å². The largest absolute Gasteiger partial charge is 0.361 e. The van der Waals surface area contributed by atoms with E-state index in [2.05, 4.69) is 21.0 Å². The number of amides is 1. The Morgan fingerprint density at radius 2 is 2.56 bits per heavy atom. The van der Waals surface area contributed by atoms with Crippen LogP contribution in [0.5, 0.6) is 0 Å². The molecule has 0 bridgehead atoms. The first-order chi connectivity index (χ1) is 7.69. The van der Waals surface area contributed by atoms with Crippen LogP contribution in [-0.2, 0) is 0 Å². The molecule has 1 radical (unpaired) electrons. The van der Waals surface area contributed by atoms with Crippen LogP contribution < -0.4 is 10.9 Å². The van der Waals surface area contributed by atoms with Crippen LogP contribution >= 0.6 is 11.8 Å². The molecule has 1 amide bonds. The first-order valence-electron chi connectivity index (χ1n) is 4.88. The summed E-state index contributed by atoms with van der Waals surface area (Å²) in [6.45, 7) is 3.76. The highest BCUT2D eigenvalue weighted by Crippen LogP contribution is 2.18. The maximum Gasteiger partial charge on any atom is 0.301 e. The van der Waals surface area contributed by atoms with Crippen LogP contribution in [0.3, 0.4) is 0 Å². The number of thioether (sulfide) groups is 1. The summed E-state index contributed by atoms with van der Waals surface area (Å²) >= 11 is 1.43. The number of aliphatic imine (C=N–C) groups is 1. The Morgan fingerprint density at radius 1 is 1.75 bits per heavy atom. The van der Waals surface area contributed by atoms with Gasteiger partial charge in [-0.1, -0.05) is 23.8 Å². The van der Waals surface area contributed by atoms with Gasteiger partial charge in [-0.25, -0.2) is 0 Å². The van der Waals surface area contributed by atoms with Gasteiger partial charge in [-0.15, -0.1) is 0 Å². The zero-order valence-electron chi connectivity index (χ0n) is 8.93. The smallest absolute Gasteiger partial charge is 0.301 e. The van der Waals surface area contributed by atoms with Gasteiger partial charge in [0.15, 0.2) is 5.69 Å². The van der Waals surface area contributed by atoms with Crippen molar-refractivity contribution in [3.8, 4) is 0 Å². The summed E-state index contributed by atoms with van der Waals surface area (Å²) in [6, 6.07) is 1.55. The molecule has 1 fully saturated rings. The fourth-order valence-electron chi connectivity index (χ4n) is 1.14. The van der Waals surface area contributed by atoms with E-state index in [-0.39, 0.29) is 11.1 Å². The molecule has 1 saturated heterocycles. The Bertz CT molecular complexity index is 429. The molecule has 0 spiro atoms. The van der Waals surface area contributed by atoms with Crippen molar-refractivity contribution >= 4 is 22.8 Å². The number of hydrogen-bond acceptors (Lipinski definition) is 5. The van der Waals surface area contributed by atoms with E-state index in [0.717, 1.165) is 6.42 Å². The van der Waals surface area contributed by atoms with E-state index < -0.39 is 5.91 Å². The Morgan fingerprint density at radius 3 is 3.12 bits per heavy atom. The highest BCUT2D eigenvalue weighted by atomic mass is 32.2. The lowest BCUT2D eigenvalue weighted by molar-refractivity contribution is 0.0994. The molecule has 0 saturated carbocycles. The zero-order valence-corrected chi connectivity index (χ0v) is 9.74. The van der Waals surface area contributed by atoms with E-state index in [9.17, 15) is 4.79 Å². The van der Waals surface area contributed by atoms with E-state index in [1.54, 1.807) is 13.0 Å². The van der Waals surface area contributed by atoms with Crippen molar-refractivity contribution in [1.29, 1.82) is 0 Å². The Balaban J connectivity index is 2.05. The molecule has 6 nitrogen and oxygen atoms in total. The van der Waals surface area contributed by atoms with Crippen molar-refractivity contribution in [3.05, 3.63) is 17.5 Å². The molecule has 2 heterocycles. The third-order valence-corrected chi connectivity index (χ3v) is 3.08. The summed E-state index contributed by atoms with van der Waals surface area (Å²) in [5.41, 5.74) is 7.03. The first kappa shape index (κ1) is 11.2. The van der Waals surface area contributed by atoms with Gasteiger partial charge in [0.1, 0.15) is 5.76 Å². The van der Waals surface area contributed by atoms with Crippen LogP contribution in [0.4, 0.5) is 0 Å². The summed E-state index contributed by atoms with van der Waals surface area (Å²) < 4.78 is 4.80. The minimum Gasteiger partial charge on any atom is -0.361 e. The predicted molar refractivity (Wildman–Crippen MR) is 59.9 cm³/mol. The lowest BCUT2D eigenvalue weighted by atomic mass is 10.4. The van der Waals surface area contributed by atoms with Gasteiger partial charge in [0.05, 0.1) is 5.37 Å². The molecule has 0 aromatic carbocycles. The Kier molecular flexibility index (Phi) is 3.25. The molecule has 1 aliphatic rings. The number of amidine groups is 1. The molecule has 85 valence electrons. The second-order valence-corrected chi connectivity index (χ2v) is 4.45. The quantitative estimate of drug-likeness (QED) is 0.834. The highest BCUT2D eigenvalue weighted by molar-refractivity contribution is 8.14. The van der Waals surface area contributed by atoms with Gasteiger partial charge in [-0.2, -0.15) is 15.8 Å². The molecule has 1 N–H and O–H groups in total. The Hall–Kier alpha value is -1.34. The van der Waals surface area contributed by atoms with Crippen LogP contribution in [0.2, 0.25) is 0 Å². The summed E-state index contributed by atoms with van der Waals surface area (Å²) in [4.78, 5) is 15.4. The SMILES string of the molecule is CCC1N[N]C(=NC(=O)c2cc(C)on2)S1. The van der Waals surface area contributed by atoms with E-state index in [4.69, 9.17) is 4.52 Å². The van der Waals surface area contributed by atoms with Crippen LogP contribution in [0.25, 0.3) is 0 Å². The van der Waals surface area contributed by atoms with Gasteiger partial charge in [-0.05, 0) is 13.3 Å². The van der Waals surface area contributed by atoms with Crippen LogP contribution in [0.1, 0.15) is 29.6 Å². The van der Waals surface area contributed by atoms with E-state index in [1.807, 2.05) is 6.92 Å². The molecule has 1 atom stereocenters. The van der Waals surface area contributed by atoms with Crippen molar-refractivity contribution in [2.75, 3.05) is 0 Å². The van der Waals surface area contributed by atoms with Gasteiger partial charge in [0.25, 0.3) is 0 Å². The van der Waals surface area contributed by atoms with Gasteiger partial charge < -0.3 is 4.52 Å². The summed E-state index contributed by atoms with van der Waals surface area (Å²) in [5, 5.41) is 4.24. The van der Waals surface area contributed by atoms with Crippen molar-refractivity contribution in [2.45, 2.75) is 25.6 Å². The fraction of sp³-hybridized carbons (Fsp3) is 0.444. The highest BCUT2D eigenvalue weighted by Gasteiger charge is 2.22. The number of carbonyl (C=O) groups excluding carboxylic acids is 1. The topological polar surface area (TPSA) is 81.6 Å². The minimum atomic E-state index is -0.429. The molecule has 0 aliphatic carbocycles. The van der Waals surface area contributed by atoms with E-state index in [0.29, 0.717) is 10.9 Å². The third-order valence-electron chi connectivity index (χ3n) is 1.97. The number of aryl methyl sites for hydroxylation is 1. The number of hydrogen-bond donors (Lipinski definition) is 1. The maximum atomic E-state index is 11.6. The second-order valence-electron chi connectivity index (χ2n) is 3.28. The summed E-state index contributed by atoms with van der Waals surface area (Å²) in [7, 11) is 0. The number of carbonyl (C=O) groups is 1. The van der Waals surface area contributed by atoms with Gasteiger partial charge in [0.2, 0.25) is 5.17 Å². The second kappa shape index (κ2) is 4.67. The number of rotatable bonds is 2. The van der Waals surface area contributed by atoms with Crippen LogP contribution in [-0.4, -0.2) is 21.6 Å². The lowest BCUT2D eigenvalue weighted by Gasteiger charge is -1.97. The maximum absolute atomic E-state index is 11.6. The molecule has 1 aromatic heterocycles. The normalized spacial score (nSPS) is 22.4. The molecule has 2 rings (SSSR count). The molecular weight excluding hydrogens is 228 g/mol. The standard InChI is InChI=1S/C9H11N4O2S/c1-3-7-11-12-9(16-7)10-8(14)6-4-5(2)15-13-6/h4,7,11H,3H2,1-2H3. The molecule has 1 aliphatic heterocycles. The summed E-state index contributed by atoms with van der Waals surface area (Å²) in [5.74, 6) is 0.158. The fourth-order valence-corrected chi connectivity index (χ4v) is 1.91. The summed E-state index contributed by atoms with van der Waals surface area (Å²) in [6.07, 6.45) is 0.921. The molecule has 1 unspecified atom stereocenters.